The Bertz CT molecular complexity index is 522. The van der Waals surface area contributed by atoms with E-state index in [1.165, 1.54) is 4.57 Å². The van der Waals surface area contributed by atoms with Gasteiger partial charge in [-0.2, -0.15) is 10.2 Å². The fraction of sp³-hybridized carbons (Fsp3) is 0.200. The topological polar surface area (TPSA) is 72.7 Å². The van der Waals surface area contributed by atoms with Crippen molar-refractivity contribution >= 4 is 5.82 Å². The largest absolute Gasteiger partial charge is 0.360 e. The first kappa shape index (κ1) is 10.3. The van der Waals surface area contributed by atoms with Crippen LogP contribution in [-0.2, 0) is 13.6 Å². The molecule has 2 heterocycles. The summed E-state index contributed by atoms with van der Waals surface area (Å²) in [6, 6.07) is 3.62. The summed E-state index contributed by atoms with van der Waals surface area (Å²) in [6.07, 6.45) is 4.78. The lowest BCUT2D eigenvalue weighted by Crippen LogP contribution is -2.21. The molecule has 6 heteroatoms. The molecule has 2 aromatic heterocycles. The van der Waals surface area contributed by atoms with E-state index >= 15 is 0 Å². The van der Waals surface area contributed by atoms with Crippen LogP contribution in [0.15, 0.2) is 35.5 Å². The maximum atomic E-state index is 11.6. The fourth-order valence-corrected chi connectivity index (χ4v) is 1.22. The van der Waals surface area contributed by atoms with Gasteiger partial charge in [-0.15, -0.1) is 0 Å². The molecule has 0 aromatic carbocycles. The van der Waals surface area contributed by atoms with Crippen molar-refractivity contribution in [3.63, 3.8) is 0 Å². The van der Waals surface area contributed by atoms with E-state index in [4.69, 9.17) is 0 Å². The summed E-state index contributed by atoms with van der Waals surface area (Å²) in [4.78, 5) is 15.6. The highest BCUT2D eigenvalue weighted by atomic mass is 16.1. The summed E-state index contributed by atoms with van der Waals surface area (Å²) in [6.45, 7) is 0.431. The van der Waals surface area contributed by atoms with Crippen LogP contribution in [0.1, 0.15) is 5.69 Å². The first-order valence-electron chi connectivity index (χ1n) is 4.79. The Morgan fingerprint density at radius 2 is 2.31 bits per heavy atom. The number of hydrogen-bond donors (Lipinski definition) is 1. The van der Waals surface area contributed by atoms with E-state index in [1.807, 2.05) is 6.07 Å². The third-order valence-electron chi connectivity index (χ3n) is 2.08. The zero-order valence-corrected chi connectivity index (χ0v) is 8.79. The average molecular weight is 217 g/mol. The zero-order valence-electron chi connectivity index (χ0n) is 8.79. The minimum Gasteiger partial charge on any atom is -0.360 e. The van der Waals surface area contributed by atoms with Crippen LogP contribution in [-0.4, -0.2) is 19.7 Å². The highest BCUT2D eigenvalue weighted by Gasteiger charge is 2.01. The molecule has 0 bridgehead atoms. The van der Waals surface area contributed by atoms with Crippen LogP contribution in [0, 0.1) is 0 Å². The van der Waals surface area contributed by atoms with E-state index in [2.05, 4.69) is 20.5 Å². The Morgan fingerprint density at radius 1 is 1.44 bits per heavy atom. The summed E-state index contributed by atoms with van der Waals surface area (Å²) in [5, 5.41) is 10.6. The van der Waals surface area contributed by atoms with Crippen molar-refractivity contribution in [3.8, 4) is 0 Å². The molecular formula is C10H11N5O. The Hall–Kier alpha value is -2.24. The number of rotatable bonds is 3. The van der Waals surface area contributed by atoms with Gasteiger partial charge in [0, 0.05) is 25.6 Å². The van der Waals surface area contributed by atoms with Gasteiger partial charge in [0.05, 0.1) is 12.2 Å². The lowest BCUT2D eigenvalue weighted by molar-refractivity contribution is 0.834. The summed E-state index contributed by atoms with van der Waals surface area (Å²) in [5.74, 6) is 0.315. The van der Waals surface area contributed by atoms with Crippen molar-refractivity contribution in [3.05, 3.63) is 46.8 Å². The summed E-state index contributed by atoms with van der Waals surface area (Å²) in [7, 11) is 1.68. The van der Waals surface area contributed by atoms with E-state index in [0.717, 1.165) is 5.69 Å². The number of aryl methyl sites for hydroxylation is 1. The standard InChI is InChI=1S/C10H11N5O/c1-15-6-5-11-9(10(15)16)12-7-8-3-2-4-13-14-8/h2-6H,7H2,1H3,(H,11,12). The molecule has 0 spiro atoms. The van der Waals surface area contributed by atoms with Crippen LogP contribution < -0.4 is 10.9 Å². The molecule has 16 heavy (non-hydrogen) atoms. The first-order chi connectivity index (χ1) is 7.77. The molecule has 0 radical (unpaired) electrons. The highest BCUT2D eigenvalue weighted by Crippen LogP contribution is 1.97. The van der Waals surface area contributed by atoms with Crippen LogP contribution in [0.2, 0.25) is 0 Å². The molecule has 0 aliphatic carbocycles. The molecule has 0 aliphatic heterocycles. The molecule has 2 rings (SSSR count). The van der Waals surface area contributed by atoms with Gasteiger partial charge in [0.25, 0.3) is 5.56 Å². The predicted molar refractivity (Wildman–Crippen MR) is 58.8 cm³/mol. The molecule has 0 saturated carbocycles. The second kappa shape index (κ2) is 4.52. The van der Waals surface area contributed by atoms with Crippen molar-refractivity contribution < 1.29 is 0 Å². The van der Waals surface area contributed by atoms with E-state index in [1.54, 1.807) is 31.7 Å². The smallest absolute Gasteiger partial charge is 0.293 e. The molecule has 82 valence electrons. The molecule has 6 nitrogen and oxygen atoms in total. The number of hydrogen-bond acceptors (Lipinski definition) is 5. The molecular weight excluding hydrogens is 206 g/mol. The van der Waals surface area contributed by atoms with Crippen molar-refractivity contribution in [2.24, 2.45) is 7.05 Å². The minimum absolute atomic E-state index is 0.161. The molecule has 0 saturated heterocycles. The van der Waals surface area contributed by atoms with Crippen molar-refractivity contribution in [1.29, 1.82) is 0 Å². The van der Waals surface area contributed by atoms with Gasteiger partial charge in [-0.1, -0.05) is 0 Å². The maximum absolute atomic E-state index is 11.6. The van der Waals surface area contributed by atoms with Crippen LogP contribution in [0.4, 0.5) is 5.82 Å². The normalized spacial score (nSPS) is 10.1. The van der Waals surface area contributed by atoms with Crippen LogP contribution in [0.3, 0.4) is 0 Å². The number of nitrogens with one attached hydrogen (secondary N) is 1. The zero-order chi connectivity index (χ0) is 11.4. The highest BCUT2D eigenvalue weighted by molar-refractivity contribution is 5.31. The van der Waals surface area contributed by atoms with E-state index in [9.17, 15) is 4.79 Å². The van der Waals surface area contributed by atoms with E-state index in [0.29, 0.717) is 12.4 Å². The number of aromatic nitrogens is 4. The Morgan fingerprint density at radius 3 is 3.06 bits per heavy atom. The molecule has 0 aliphatic rings. The molecule has 0 fully saturated rings. The van der Waals surface area contributed by atoms with Gasteiger partial charge < -0.3 is 9.88 Å². The van der Waals surface area contributed by atoms with Gasteiger partial charge in [0.2, 0.25) is 0 Å². The van der Waals surface area contributed by atoms with Crippen LogP contribution >= 0.6 is 0 Å². The van der Waals surface area contributed by atoms with Crippen molar-refractivity contribution in [2.75, 3.05) is 5.32 Å². The molecule has 0 amide bonds. The number of nitrogens with zero attached hydrogens (tertiary/aromatic N) is 4. The molecule has 0 atom stereocenters. The quantitative estimate of drug-likeness (QED) is 0.794. The Labute approximate surface area is 92.0 Å². The molecule has 0 unspecified atom stereocenters. The third kappa shape index (κ3) is 2.22. The van der Waals surface area contributed by atoms with Gasteiger partial charge in [0.15, 0.2) is 5.82 Å². The second-order valence-corrected chi connectivity index (χ2v) is 3.26. The molecule has 1 N–H and O–H groups in total. The van der Waals surface area contributed by atoms with Gasteiger partial charge in [-0.25, -0.2) is 4.98 Å². The first-order valence-corrected chi connectivity index (χ1v) is 4.79. The van der Waals surface area contributed by atoms with E-state index < -0.39 is 0 Å². The van der Waals surface area contributed by atoms with E-state index in [-0.39, 0.29) is 5.56 Å². The summed E-state index contributed by atoms with van der Waals surface area (Å²) >= 11 is 0. The van der Waals surface area contributed by atoms with Crippen LogP contribution in [0.5, 0.6) is 0 Å². The maximum Gasteiger partial charge on any atom is 0.293 e. The molecule has 2 aromatic rings. The van der Waals surface area contributed by atoms with Gasteiger partial charge >= 0.3 is 0 Å². The summed E-state index contributed by atoms with van der Waals surface area (Å²) in [5.41, 5.74) is 0.599. The fourth-order valence-electron chi connectivity index (χ4n) is 1.22. The minimum atomic E-state index is -0.161. The monoisotopic (exact) mass is 217 g/mol. The third-order valence-corrected chi connectivity index (χ3v) is 2.08. The number of anilines is 1. The van der Waals surface area contributed by atoms with Crippen molar-refractivity contribution in [2.45, 2.75) is 6.54 Å². The van der Waals surface area contributed by atoms with Crippen molar-refractivity contribution in [1.82, 2.24) is 19.7 Å². The van der Waals surface area contributed by atoms with Gasteiger partial charge in [-0.05, 0) is 12.1 Å². The lowest BCUT2D eigenvalue weighted by Gasteiger charge is -2.04. The van der Waals surface area contributed by atoms with Gasteiger partial charge in [0.1, 0.15) is 0 Å². The average Bonchev–Trinajstić information content (AvgIpc) is 2.32. The Kier molecular flexibility index (Phi) is 2.90. The lowest BCUT2D eigenvalue weighted by atomic mass is 10.4. The van der Waals surface area contributed by atoms with Crippen LogP contribution in [0.25, 0.3) is 0 Å². The second-order valence-electron chi connectivity index (χ2n) is 3.26. The summed E-state index contributed by atoms with van der Waals surface area (Å²) < 4.78 is 1.46. The Balaban J connectivity index is 2.11. The van der Waals surface area contributed by atoms with Gasteiger partial charge in [-0.3, -0.25) is 4.79 Å². The predicted octanol–water partition coefficient (Wildman–Crippen LogP) is 0.182. The SMILES string of the molecule is Cn1ccnc(NCc2cccnn2)c1=O.